The first kappa shape index (κ1) is 8.23. The zero-order valence-electron chi connectivity index (χ0n) is 5.90. The Hall–Kier alpha value is -0.770. The Labute approximate surface area is 56.5 Å². The maximum absolute atomic E-state index is 9.64. The first-order valence-electron chi connectivity index (χ1n) is 3.22. The van der Waals surface area contributed by atoms with Crippen LogP contribution >= 0.6 is 0 Å². The lowest BCUT2D eigenvalue weighted by atomic mass is 10.1. The monoisotopic (exact) mass is 123 g/mol. The highest BCUT2D eigenvalue weighted by Crippen LogP contribution is 2.03. The molecule has 0 saturated carbocycles. The minimum absolute atomic E-state index is 0.381. The van der Waals surface area contributed by atoms with Crippen LogP contribution in [0, 0.1) is 17.8 Å². The summed E-state index contributed by atoms with van der Waals surface area (Å²) in [6.07, 6.45) is 3.59. The van der Waals surface area contributed by atoms with Crippen molar-refractivity contribution in [2.45, 2.75) is 26.7 Å². The van der Waals surface area contributed by atoms with E-state index in [2.05, 4.69) is 25.7 Å². The average Bonchev–Trinajstić information content (AvgIpc) is 1.91. The van der Waals surface area contributed by atoms with Crippen LogP contribution in [0.25, 0.3) is 0 Å². The lowest BCUT2D eigenvalue weighted by molar-refractivity contribution is 0.565. The van der Waals surface area contributed by atoms with Gasteiger partial charge in [-0.15, -0.1) is 0 Å². The molecule has 0 amide bonds. The lowest BCUT2D eigenvalue weighted by Gasteiger charge is -1.98. The molecular weight excluding hydrogens is 112 g/mol. The highest BCUT2D eigenvalue weighted by molar-refractivity contribution is 5.73. The molecule has 0 aliphatic heterocycles. The van der Waals surface area contributed by atoms with E-state index in [0.29, 0.717) is 5.92 Å². The first-order valence-corrected chi connectivity index (χ1v) is 3.22. The fraction of sp³-hybridized carbons (Fsp3) is 0.625. The van der Waals surface area contributed by atoms with E-state index in [1.54, 1.807) is 6.29 Å². The zero-order chi connectivity index (χ0) is 7.11. The number of hydrogen-bond donors (Lipinski definition) is 0. The topological polar surface area (TPSA) is 17.1 Å². The average molecular weight is 123 g/mol. The molecule has 1 heteroatoms. The summed E-state index contributed by atoms with van der Waals surface area (Å²) in [5.74, 6) is 5.47. The van der Waals surface area contributed by atoms with Crippen LogP contribution in [0.5, 0.6) is 0 Å². The van der Waals surface area contributed by atoms with E-state index in [0.717, 1.165) is 12.8 Å². The molecule has 0 spiro atoms. The molecule has 0 N–H and O–H groups in total. The summed E-state index contributed by atoms with van der Waals surface area (Å²) in [6.45, 7) is 4.13. The smallest absolute Gasteiger partial charge is 0.275 e. The summed E-state index contributed by atoms with van der Waals surface area (Å²) < 4.78 is 0. The van der Waals surface area contributed by atoms with Gasteiger partial charge in [0.25, 0.3) is 6.29 Å². The van der Waals surface area contributed by atoms with Gasteiger partial charge >= 0.3 is 0 Å². The molecule has 0 saturated heterocycles. The Bertz CT molecular complexity index is 123. The van der Waals surface area contributed by atoms with Gasteiger partial charge in [-0.05, 0) is 18.8 Å². The summed E-state index contributed by atoms with van der Waals surface area (Å²) in [6, 6.07) is 0. The summed E-state index contributed by atoms with van der Waals surface area (Å²) >= 11 is 0. The third-order valence-corrected chi connectivity index (χ3v) is 1.31. The molecule has 0 unspecified atom stereocenters. The second-order valence-corrected chi connectivity index (χ2v) is 1.88. The standard InChI is InChI=1S/C8H11O/c1-3-8(4-2)6-5-7-9/h8H,3-4H2,1-2H3. The normalized spacial score (nSPS) is 8.33. The van der Waals surface area contributed by atoms with Crippen molar-refractivity contribution >= 4 is 6.29 Å². The third kappa shape index (κ3) is 3.78. The molecule has 0 bridgehead atoms. The summed E-state index contributed by atoms with van der Waals surface area (Å²) in [4.78, 5) is 9.64. The summed E-state index contributed by atoms with van der Waals surface area (Å²) in [5, 5.41) is 0. The van der Waals surface area contributed by atoms with Gasteiger partial charge in [-0.2, -0.15) is 0 Å². The SMILES string of the molecule is CCC(C#C[C]=O)CC. The van der Waals surface area contributed by atoms with E-state index < -0.39 is 0 Å². The molecule has 0 aromatic carbocycles. The van der Waals surface area contributed by atoms with Gasteiger partial charge in [0.15, 0.2) is 0 Å². The molecule has 0 fully saturated rings. The highest BCUT2D eigenvalue weighted by Gasteiger charge is 1.94. The van der Waals surface area contributed by atoms with Crippen molar-refractivity contribution in [3.63, 3.8) is 0 Å². The molecule has 49 valence electrons. The molecule has 0 aliphatic carbocycles. The minimum atomic E-state index is 0.381. The fourth-order valence-electron chi connectivity index (χ4n) is 0.624. The zero-order valence-corrected chi connectivity index (χ0v) is 5.90. The lowest BCUT2D eigenvalue weighted by Crippen LogP contribution is -1.90. The molecule has 1 nitrogen and oxygen atoms in total. The van der Waals surface area contributed by atoms with Crippen LogP contribution in [0.3, 0.4) is 0 Å². The van der Waals surface area contributed by atoms with Crippen molar-refractivity contribution in [3.8, 4) is 11.8 Å². The second-order valence-electron chi connectivity index (χ2n) is 1.88. The predicted molar refractivity (Wildman–Crippen MR) is 37.5 cm³/mol. The summed E-state index contributed by atoms with van der Waals surface area (Å²) in [5.41, 5.74) is 0. The molecule has 0 heterocycles. The van der Waals surface area contributed by atoms with Gasteiger partial charge in [0.2, 0.25) is 0 Å². The van der Waals surface area contributed by atoms with Crippen molar-refractivity contribution in [1.82, 2.24) is 0 Å². The van der Waals surface area contributed by atoms with E-state index in [4.69, 9.17) is 0 Å². The van der Waals surface area contributed by atoms with Gasteiger partial charge in [-0.3, -0.25) is 4.79 Å². The molecule has 1 radical (unpaired) electrons. The van der Waals surface area contributed by atoms with E-state index in [1.165, 1.54) is 0 Å². The molecule has 0 rings (SSSR count). The molecule has 9 heavy (non-hydrogen) atoms. The van der Waals surface area contributed by atoms with Crippen LogP contribution in [0.1, 0.15) is 26.7 Å². The largest absolute Gasteiger partial charge is 0.284 e. The van der Waals surface area contributed by atoms with Gasteiger partial charge in [0.1, 0.15) is 0 Å². The summed E-state index contributed by atoms with van der Waals surface area (Å²) in [7, 11) is 0. The van der Waals surface area contributed by atoms with E-state index >= 15 is 0 Å². The second kappa shape index (κ2) is 5.37. The van der Waals surface area contributed by atoms with Crippen molar-refractivity contribution in [1.29, 1.82) is 0 Å². The van der Waals surface area contributed by atoms with E-state index in [-0.39, 0.29) is 0 Å². The maximum Gasteiger partial charge on any atom is 0.284 e. The van der Waals surface area contributed by atoms with Gasteiger partial charge in [-0.1, -0.05) is 19.8 Å². The molecular formula is C8H11O. The number of carbonyl (C=O) groups excluding carboxylic acids is 1. The van der Waals surface area contributed by atoms with E-state index in [9.17, 15) is 4.79 Å². The number of hydrogen-bond acceptors (Lipinski definition) is 1. The van der Waals surface area contributed by atoms with Crippen molar-refractivity contribution in [2.75, 3.05) is 0 Å². The van der Waals surface area contributed by atoms with E-state index in [1.807, 2.05) is 0 Å². The molecule has 0 aromatic heterocycles. The molecule has 0 aromatic rings. The van der Waals surface area contributed by atoms with Crippen molar-refractivity contribution in [2.24, 2.45) is 5.92 Å². The van der Waals surface area contributed by atoms with Crippen molar-refractivity contribution in [3.05, 3.63) is 0 Å². The third-order valence-electron chi connectivity index (χ3n) is 1.31. The Morgan fingerprint density at radius 2 is 1.89 bits per heavy atom. The van der Waals surface area contributed by atoms with Gasteiger partial charge < -0.3 is 0 Å². The highest BCUT2D eigenvalue weighted by atomic mass is 16.1. The van der Waals surface area contributed by atoms with Crippen LogP contribution in [0.15, 0.2) is 0 Å². The Morgan fingerprint density at radius 3 is 2.22 bits per heavy atom. The van der Waals surface area contributed by atoms with Crippen LogP contribution in [-0.2, 0) is 4.79 Å². The van der Waals surface area contributed by atoms with Crippen LogP contribution in [0.4, 0.5) is 0 Å². The number of rotatable bonds is 2. The Balaban J connectivity index is 3.66. The first-order chi connectivity index (χ1) is 4.35. The minimum Gasteiger partial charge on any atom is -0.275 e. The fourth-order valence-corrected chi connectivity index (χ4v) is 0.624. The quantitative estimate of drug-likeness (QED) is 0.509. The van der Waals surface area contributed by atoms with Gasteiger partial charge in [0, 0.05) is 5.92 Å². The van der Waals surface area contributed by atoms with Crippen LogP contribution in [0.2, 0.25) is 0 Å². The Kier molecular flexibility index (Phi) is 4.91. The molecule has 0 aliphatic rings. The van der Waals surface area contributed by atoms with Crippen LogP contribution in [-0.4, -0.2) is 6.29 Å². The van der Waals surface area contributed by atoms with Gasteiger partial charge in [-0.25, -0.2) is 0 Å². The molecule has 0 atom stereocenters. The predicted octanol–water partition coefficient (Wildman–Crippen LogP) is 1.54. The van der Waals surface area contributed by atoms with Crippen LogP contribution < -0.4 is 0 Å². The van der Waals surface area contributed by atoms with Crippen molar-refractivity contribution < 1.29 is 4.79 Å². The Morgan fingerprint density at radius 1 is 1.33 bits per heavy atom. The van der Waals surface area contributed by atoms with Gasteiger partial charge in [0.05, 0.1) is 0 Å². The maximum atomic E-state index is 9.64.